The van der Waals surface area contributed by atoms with E-state index in [0.717, 1.165) is 0 Å². The molecule has 0 bridgehead atoms. The zero-order valence-electron chi connectivity index (χ0n) is 24.3. The Morgan fingerprint density at radius 2 is 1.88 bits per heavy atom. The molecule has 226 valence electrons. The summed E-state index contributed by atoms with van der Waals surface area (Å²) in [5.74, 6) is -1.16. The van der Waals surface area contributed by atoms with Crippen molar-refractivity contribution in [3.8, 4) is 11.5 Å². The molecule has 0 radical (unpaired) electrons. The van der Waals surface area contributed by atoms with Crippen LogP contribution in [0.3, 0.4) is 0 Å². The Hall–Kier alpha value is -4.00. The van der Waals surface area contributed by atoms with Crippen LogP contribution in [-0.4, -0.2) is 82.3 Å². The lowest BCUT2D eigenvalue weighted by Gasteiger charge is -2.26. The van der Waals surface area contributed by atoms with Gasteiger partial charge in [0.15, 0.2) is 17.2 Å². The van der Waals surface area contributed by atoms with Crippen molar-refractivity contribution in [3.05, 3.63) is 52.3 Å². The zero-order chi connectivity index (χ0) is 30.1. The van der Waals surface area contributed by atoms with Crippen LogP contribution in [0.1, 0.15) is 78.2 Å². The number of amides is 2. The number of pyridine rings is 1. The van der Waals surface area contributed by atoms with Crippen LogP contribution in [0.4, 0.5) is 4.79 Å². The number of ether oxygens (including phenoxy) is 2. The van der Waals surface area contributed by atoms with Crippen LogP contribution in [0.15, 0.2) is 24.3 Å². The Morgan fingerprint density at radius 3 is 2.50 bits per heavy atom. The minimum Gasteiger partial charge on any atom is -0.491 e. The van der Waals surface area contributed by atoms with Crippen LogP contribution in [0.5, 0.6) is 11.5 Å². The van der Waals surface area contributed by atoms with Crippen molar-refractivity contribution in [2.24, 2.45) is 0 Å². The lowest BCUT2D eigenvalue weighted by molar-refractivity contribution is -0.141. The molecule has 2 aliphatic heterocycles. The number of carboxylic acids is 1. The molecule has 42 heavy (non-hydrogen) atoms. The maximum absolute atomic E-state index is 13.4. The summed E-state index contributed by atoms with van der Waals surface area (Å²) in [6, 6.07) is 5.54. The third-order valence-electron chi connectivity index (χ3n) is 7.12. The number of nitrogens with zero attached hydrogens (tertiary/aromatic N) is 3. The molecule has 1 aromatic heterocycles. The van der Waals surface area contributed by atoms with E-state index in [4.69, 9.17) is 14.9 Å². The van der Waals surface area contributed by atoms with E-state index in [9.17, 15) is 24.3 Å². The SMILES string of the molecule is Br.CCOc1cc2c(nc1C(=O)NC)C(=N)N(CC(=O)c1ccc(OC(=O)N3CCCC3C(=O)O)c(C(C)(C)C)c1)C2. The number of likely N-dealkylation sites (tertiary alicyclic amines) is 1. The van der Waals surface area contributed by atoms with Gasteiger partial charge in [-0.15, -0.1) is 17.0 Å². The highest BCUT2D eigenvalue weighted by Crippen LogP contribution is 2.34. The standard InChI is InChI=1S/C29H35N5O7.BrH/c1-6-40-22-13-17-14-33(25(30)23(17)32-24(22)26(36)31-5)15-20(35)16-9-10-21(18(12-16)29(2,3)4)41-28(39)34-11-7-8-19(34)27(37)38;/h9-10,12-13,19,30H,6-8,11,14-15H2,1-5H3,(H,31,36)(H,37,38);1H. The van der Waals surface area contributed by atoms with Crippen LogP contribution in [0.2, 0.25) is 0 Å². The second-order valence-corrected chi connectivity index (χ2v) is 11.0. The van der Waals surface area contributed by atoms with Gasteiger partial charge in [0.05, 0.1) is 13.2 Å². The number of ketones is 1. The molecular weight excluding hydrogens is 610 g/mol. The molecule has 1 aromatic carbocycles. The second kappa shape index (κ2) is 12.9. The van der Waals surface area contributed by atoms with Gasteiger partial charge in [0.2, 0.25) is 0 Å². The molecular formula is C29H36BrN5O7. The first-order valence-electron chi connectivity index (χ1n) is 13.5. The van der Waals surface area contributed by atoms with Crippen LogP contribution >= 0.6 is 17.0 Å². The van der Waals surface area contributed by atoms with Crippen molar-refractivity contribution in [2.75, 3.05) is 26.7 Å². The molecule has 3 N–H and O–H groups in total. The normalized spacial score (nSPS) is 16.0. The number of aromatic nitrogens is 1. The summed E-state index contributed by atoms with van der Waals surface area (Å²) in [7, 11) is 1.49. The number of fused-ring (bicyclic) bond motifs is 1. The summed E-state index contributed by atoms with van der Waals surface area (Å²) >= 11 is 0. The summed E-state index contributed by atoms with van der Waals surface area (Å²) in [5.41, 5.74) is 1.56. The van der Waals surface area contributed by atoms with Gasteiger partial charge in [-0.3, -0.25) is 19.9 Å². The third kappa shape index (κ3) is 6.56. The highest BCUT2D eigenvalue weighted by Gasteiger charge is 2.36. The molecule has 0 aliphatic carbocycles. The van der Waals surface area contributed by atoms with Crippen molar-refractivity contribution in [1.82, 2.24) is 20.1 Å². The maximum atomic E-state index is 13.4. The predicted octanol–water partition coefficient (Wildman–Crippen LogP) is 3.79. The molecule has 1 atom stereocenters. The number of benzene rings is 1. The van der Waals surface area contributed by atoms with Gasteiger partial charge >= 0.3 is 12.1 Å². The number of carboxylic acid groups (broad SMARTS) is 1. The number of hydrogen-bond donors (Lipinski definition) is 3. The number of aliphatic carboxylic acids is 1. The van der Waals surface area contributed by atoms with Crippen molar-refractivity contribution in [2.45, 2.75) is 58.5 Å². The summed E-state index contributed by atoms with van der Waals surface area (Å²) < 4.78 is 11.2. The number of nitrogens with one attached hydrogen (secondary N) is 2. The van der Waals surface area contributed by atoms with Crippen molar-refractivity contribution >= 4 is 46.6 Å². The van der Waals surface area contributed by atoms with Crippen LogP contribution in [-0.2, 0) is 16.8 Å². The van der Waals surface area contributed by atoms with E-state index in [-0.39, 0.29) is 53.1 Å². The number of carbonyl (C=O) groups is 4. The quantitative estimate of drug-likeness (QED) is 0.363. The Balaban J connectivity index is 0.00000484. The lowest BCUT2D eigenvalue weighted by Crippen LogP contribution is -2.42. The molecule has 1 fully saturated rings. The first-order chi connectivity index (χ1) is 19.3. The summed E-state index contributed by atoms with van der Waals surface area (Å²) in [4.78, 5) is 57.3. The highest BCUT2D eigenvalue weighted by molar-refractivity contribution is 8.93. The number of Topliss-reactive ketones (excluding diaryl/α,β-unsaturated/α-hetero) is 1. The maximum Gasteiger partial charge on any atom is 0.415 e. The summed E-state index contributed by atoms with van der Waals surface area (Å²) in [5, 5.41) is 20.6. The fourth-order valence-corrected chi connectivity index (χ4v) is 5.01. The molecule has 3 heterocycles. The van der Waals surface area contributed by atoms with Gasteiger partial charge in [-0.05, 0) is 49.4 Å². The van der Waals surface area contributed by atoms with E-state index in [1.165, 1.54) is 11.9 Å². The van der Waals surface area contributed by atoms with Crippen molar-refractivity contribution in [1.29, 1.82) is 5.41 Å². The fraction of sp³-hybridized carbons (Fsp3) is 0.448. The van der Waals surface area contributed by atoms with Gasteiger partial charge in [-0.1, -0.05) is 20.8 Å². The van der Waals surface area contributed by atoms with E-state index in [1.54, 1.807) is 36.1 Å². The average molecular weight is 647 g/mol. The number of hydrogen-bond acceptors (Lipinski definition) is 8. The monoisotopic (exact) mass is 645 g/mol. The van der Waals surface area contributed by atoms with Gasteiger partial charge in [0.25, 0.3) is 5.91 Å². The van der Waals surface area contributed by atoms with Crippen LogP contribution in [0.25, 0.3) is 0 Å². The third-order valence-corrected chi connectivity index (χ3v) is 7.12. The van der Waals surface area contributed by atoms with Gasteiger partial charge in [0.1, 0.15) is 23.3 Å². The van der Waals surface area contributed by atoms with E-state index in [2.05, 4.69) is 10.3 Å². The Kier molecular flexibility index (Phi) is 9.98. The van der Waals surface area contributed by atoms with Gasteiger partial charge in [0, 0.05) is 36.8 Å². The summed E-state index contributed by atoms with van der Waals surface area (Å²) in [6.07, 6.45) is 0.212. The van der Waals surface area contributed by atoms with E-state index >= 15 is 0 Å². The molecule has 4 rings (SSSR count). The zero-order valence-corrected chi connectivity index (χ0v) is 26.0. The molecule has 1 saturated heterocycles. The van der Waals surface area contributed by atoms with Gasteiger partial charge < -0.3 is 24.8 Å². The molecule has 0 saturated carbocycles. The lowest BCUT2D eigenvalue weighted by atomic mass is 9.85. The average Bonchev–Trinajstić information content (AvgIpc) is 3.53. The first-order valence-corrected chi connectivity index (χ1v) is 13.5. The molecule has 12 nitrogen and oxygen atoms in total. The molecule has 2 amide bonds. The smallest absolute Gasteiger partial charge is 0.415 e. The number of halogens is 1. The number of carbonyl (C=O) groups excluding carboxylic acids is 3. The van der Waals surface area contributed by atoms with E-state index in [0.29, 0.717) is 54.1 Å². The fourth-order valence-electron chi connectivity index (χ4n) is 5.01. The van der Waals surface area contributed by atoms with Crippen LogP contribution < -0.4 is 14.8 Å². The first kappa shape index (κ1) is 32.5. The molecule has 2 aliphatic rings. The minimum atomic E-state index is -1.07. The summed E-state index contributed by atoms with van der Waals surface area (Å²) in [6.45, 7) is 8.34. The van der Waals surface area contributed by atoms with Crippen molar-refractivity contribution in [3.63, 3.8) is 0 Å². The Bertz CT molecular complexity index is 1420. The van der Waals surface area contributed by atoms with Crippen LogP contribution in [0, 0.1) is 5.41 Å². The van der Waals surface area contributed by atoms with Gasteiger partial charge in [-0.2, -0.15) is 0 Å². The molecule has 2 aromatic rings. The largest absolute Gasteiger partial charge is 0.491 e. The number of rotatable bonds is 8. The topological polar surface area (TPSA) is 162 Å². The van der Waals surface area contributed by atoms with Gasteiger partial charge in [-0.25, -0.2) is 14.6 Å². The highest BCUT2D eigenvalue weighted by atomic mass is 79.9. The molecule has 13 heteroatoms. The number of amidine groups is 1. The molecule has 1 unspecified atom stereocenters. The minimum absolute atomic E-state index is 0. The van der Waals surface area contributed by atoms with E-state index < -0.39 is 29.4 Å². The van der Waals surface area contributed by atoms with Crippen molar-refractivity contribution < 1.29 is 33.8 Å². The van der Waals surface area contributed by atoms with E-state index in [1.807, 2.05) is 20.8 Å². The predicted molar refractivity (Wildman–Crippen MR) is 159 cm³/mol. The molecule has 0 spiro atoms. The Morgan fingerprint density at radius 1 is 1.17 bits per heavy atom. The Labute approximate surface area is 254 Å². The second-order valence-electron chi connectivity index (χ2n) is 11.0.